The smallest absolute Gasteiger partial charge is 0.407 e. The van der Waals surface area contributed by atoms with Crippen LogP contribution in [-0.2, 0) is 49.0 Å². The van der Waals surface area contributed by atoms with Crippen molar-refractivity contribution < 1.29 is 33.7 Å². The minimum atomic E-state index is -1.86. The zero-order chi connectivity index (χ0) is 26.5. The van der Waals surface area contributed by atoms with Crippen LogP contribution in [0, 0.1) is 0 Å². The Morgan fingerprint density at radius 3 is 2.70 bits per heavy atom. The van der Waals surface area contributed by atoms with E-state index in [1.165, 1.54) is 0 Å². The number of phenolic OH excluding ortho intramolecular Hbond substituents is 1. The maximum atomic E-state index is 13.7. The van der Waals surface area contributed by atoms with Gasteiger partial charge in [0.25, 0.3) is 5.56 Å². The molecule has 0 unspecified atom stereocenters. The van der Waals surface area contributed by atoms with Gasteiger partial charge in [-0.1, -0.05) is 13.8 Å². The molecule has 37 heavy (non-hydrogen) atoms. The first-order chi connectivity index (χ1) is 17.7. The number of phenols is 1. The van der Waals surface area contributed by atoms with Crippen molar-refractivity contribution in [2.45, 2.75) is 45.4 Å². The second-order valence-electron chi connectivity index (χ2n) is 8.86. The Balaban J connectivity index is 1.67. The number of aromatic nitrogens is 2. The Morgan fingerprint density at radius 2 is 2.00 bits per heavy atom. The lowest BCUT2D eigenvalue weighted by Crippen LogP contribution is -2.48. The lowest BCUT2D eigenvalue weighted by Gasteiger charge is -2.35. The highest BCUT2D eigenvalue weighted by atomic mass is 16.6. The summed E-state index contributed by atoms with van der Waals surface area (Å²) in [6.45, 7) is 3.11. The third kappa shape index (κ3) is 3.69. The van der Waals surface area contributed by atoms with Gasteiger partial charge >= 0.3 is 18.0 Å². The molecule has 192 valence electrons. The monoisotopic (exact) mass is 507 g/mol. The highest BCUT2D eigenvalue weighted by molar-refractivity contribution is 5.91. The number of esters is 2. The number of amides is 1. The van der Waals surface area contributed by atoms with Crippen molar-refractivity contribution >= 4 is 28.9 Å². The minimum Gasteiger partial charge on any atom is -0.508 e. The number of methoxy groups -OCH3 is 1. The lowest BCUT2D eigenvalue weighted by molar-refractivity contribution is -0.188. The van der Waals surface area contributed by atoms with Crippen molar-refractivity contribution in [1.29, 1.82) is 0 Å². The Labute approximate surface area is 211 Å². The van der Waals surface area contributed by atoms with Crippen LogP contribution in [0.25, 0.3) is 22.3 Å². The van der Waals surface area contributed by atoms with Crippen molar-refractivity contribution in [2.75, 3.05) is 13.7 Å². The van der Waals surface area contributed by atoms with E-state index in [2.05, 4.69) is 10.1 Å². The van der Waals surface area contributed by atoms with Crippen LogP contribution in [0.1, 0.15) is 42.5 Å². The van der Waals surface area contributed by atoms with Gasteiger partial charge in [-0.25, -0.2) is 14.6 Å². The number of hydrogen-bond donors (Lipinski definition) is 2. The second kappa shape index (κ2) is 8.91. The molecule has 5 rings (SSSR count). The Bertz CT molecular complexity index is 1540. The molecule has 0 bridgehead atoms. The first kappa shape index (κ1) is 24.3. The number of benzene rings is 1. The standard InChI is InChI=1S/C26H25N3O8/c1-4-14-15-8-13(30)6-7-19(15)28-22-16(14)11-29-20(22)9-18-17(23(29)32)12-36-24(33)26(18,5-2)37-21(31)10-27-25(34)35-3/h6-9,30H,4-5,10-12H2,1-3H3,(H,27,34)/t26-/m0/s1. The van der Waals surface area contributed by atoms with Crippen LogP contribution in [0.4, 0.5) is 4.79 Å². The fourth-order valence-corrected chi connectivity index (χ4v) is 5.16. The average Bonchev–Trinajstić information content (AvgIpc) is 3.26. The second-order valence-corrected chi connectivity index (χ2v) is 8.86. The van der Waals surface area contributed by atoms with E-state index in [4.69, 9.17) is 14.5 Å². The number of rotatable bonds is 5. The number of nitrogens with zero attached hydrogens (tertiary/aromatic N) is 2. The molecule has 0 radical (unpaired) electrons. The number of nitrogens with one attached hydrogen (secondary N) is 1. The molecule has 0 saturated carbocycles. The Hall–Kier alpha value is -4.41. The number of fused-ring (bicyclic) bond motifs is 5. The van der Waals surface area contributed by atoms with E-state index < -0.39 is 30.2 Å². The van der Waals surface area contributed by atoms with E-state index in [0.717, 1.165) is 23.6 Å². The SMILES string of the molecule is CCc1c2c(nc3ccc(O)cc13)-c1cc3c(c(=O)n1C2)COC(=O)[C@@]3(CC)OC(=O)CNC(=O)OC. The van der Waals surface area contributed by atoms with Crippen molar-refractivity contribution in [1.82, 2.24) is 14.9 Å². The molecule has 0 fully saturated rings. The summed E-state index contributed by atoms with van der Waals surface area (Å²) in [6.07, 6.45) is -0.179. The summed E-state index contributed by atoms with van der Waals surface area (Å²) in [4.78, 5) is 55.5. The van der Waals surface area contributed by atoms with Crippen molar-refractivity contribution in [3.8, 4) is 17.1 Å². The van der Waals surface area contributed by atoms with Crippen molar-refractivity contribution in [2.24, 2.45) is 0 Å². The molecule has 2 aliphatic heterocycles. The Kier molecular flexibility index (Phi) is 5.85. The van der Waals surface area contributed by atoms with Gasteiger partial charge < -0.3 is 29.2 Å². The summed E-state index contributed by atoms with van der Waals surface area (Å²) in [5.41, 5.74) is 1.80. The van der Waals surface area contributed by atoms with Gasteiger partial charge in [0.2, 0.25) is 5.60 Å². The molecule has 11 heteroatoms. The summed E-state index contributed by atoms with van der Waals surface area (Å²) in [5.74, 6) is -1.57. The molecular weight excluding hydrogens is 482 g/mol. The number of pyridine rings is 2. The predicted octanol–water partition coefficient (Wildman–Crippen LogP) is 2.25. The van der Waals surface area contributed by atoms with Crippen molar-refractivity contribution in [3.63, 3.8) is 0 Å². The van der Waals surface area contributed by atoms with E-state index in [-0.39, 0.29) is 42.0 Å². The molecule has 11 nitrogen and oxygen atoms in total. The van der Waals surface area contributed by atoms with Crippen LogP contribution in [0.2, 0.25) is 0 Å². The van der Waals surface area contributed by atoms with Gasteiger partial charge in [-0.3, -0.25) is 9.59 Å². The summed E-state index contributed by atoms with van der Waals surface area (Å²) in [6, 6.07) is 6.60. The highest BCUT2D eigenvalue weighted by Gasteiger charge is 2.50. The summed E-state index contributed by atoms with van der Waals surface area (Å²) in [5, 5.41) is 13.0. The molecule has 1 aromatic carbocycles. The molecule has 2 aliphatic rings. The topological polar surface area (TPSA) is 146 Å². The number of carbonyl (C=O) groups is 3. The molecule has 0 saturated heterocycles. The molecule has 3 aromatic rings. The number of alkyl carbamates (subject to hydrolysis) is 1. The third-order valence-corrected chi connectivity index (χ3v) is 6.96. The van der Waals surface area contributed by atoms with E-state index in [1.807, 2.05) is 6.92 Å². The van der Waals surface area contributed by atoms with E-state index >= 15 is 0 Å². The molecule has 4 heterocycles. The first-order valence-corrected chi connectivity index (χ1v) is 11.9. The van der Waals surface area contributed by atoms with E-state index in [0.29, 0.717) is 23.3 Å². The lowest BCUT2D eigenvalue weighted by atomic mass is 9.85. The molecule has 2 N–H and O–H groups in total. The number of carbonyl (C=O) groups excluding carboxylic acids is 3. The van der Waals surface area contributed by atoms with Gasteiger partial charge in [0, 0.05) is 16.5 Å². The maximum Gasteiger partial charge on any atom is 0.407 e. The third-order valence-electron chi connectivity index (χ3n) is 6.96. The molecule has 0 spiro atoms. The normalized spacial score (nSPS) is 17.4. The van der Waals surface area contributed by atoms with Gasteiger partial charge in [-0.15, -0.1) is 0 Å². The fourth-order valence-electron chi connectivity index (χ4n) is 5.16. The van der Waals surface area contributed by atoms with Crippen LogP contribution in [0.5, 0.6) is 5.75 Å². The number of cyclic esters (lactones) is 1. The predicted molar refractivity (Wildman–Crippen MR) is 130 cm³/mol. The van der Waals surface area contributed by atoms with Gasteiger partial charge in [0.05, 0.1) is 36.1 Å². The summed E-state index contributed by atoms with van der Waals surface area (Å²) < 4.78 is 17.0. The van der Waals surface area contributed by atoms with Crippen LogP contribution in [0.3, 0.4) is 0 Å². The number of aryl methyl sites for hydroxylation is 1. The van der Waals surface area contributed by atoms with Crippen molar-refractivity contribution in [3.05, 3.63) is 56.9 Å². The van der Waals surface area contributed by atoms with Crippen LogP contribution < -0.4 is 10.9 Å². The van der Waals surface area contributed by atoms with Gasteiger partial charge in [0.1, 0.15) is 18.9 Å². The van der Waals surface area contributed by atoms with E-state index in [9.17, 15) is 24.3 Å². The number of aromatic hydroxyl groups is 1. The highest BCUT2D eigenvalue weighted by Crippen LogP contribution is 2.42. The van der Waals surface area contributed by atoms with Gasteiger partial charge in [-0.05, 0) is 42.7 Å². The average molecular weight is 507 g/mol. The molecule has 2 aromatic heterocycles. The molecule has 1 atom stereocenters. The van der Waals surface area contributed by atoms with E-state index in [1.54, 1.807) is 35.8 Å². The zero-order valence-electron chi connectivity index (χ0n) is 20.5. The van der Waals surface area contributed by atoms with Gasteiger partial charge in [-0.2, -0.15) is 0 Å². The van der Waals surface area contributed by atoms with Crippen LogP contribution in [0.15, 0.2) is 29.1 Å². The largest absolute Gasteiger partial charge is 0.508 e. The molecular formula is C26H25N3O8. The Morgan fingerprint density at radius 1 is 1.22 bits per heavy atom. The number of ether oxygens (including phenoxy) is 3. The van der Waals surface area contributed by atoms with Crippen LogP contribution in [-0.4, -0.2) is 46.3 Å². The zero-order valence-corrected chi connectivity index (χ0v) is 20.5. The quantitative estimate of drug-likeness (QED) is 0.307. The fraction of sp³-hybridized carbons (Fsp3) is 0.346. The summed E-state index contributed by atoms with van der Waals surface area (Å²) in [7, 11) is 1.15. The summed E-state index contributed by atoms with van der Waals surface area (Å²) >= 11 is 0. The van der Waals surface area contributed by atoms with Crippen LogP contribution >= 0.6 is 0 Å². The number of hydrogen-bond acceptors (Lipinski definition) is 9. The maximum absolute atomic E-state index is 13.7. The molecule has 0 aliphatic carbocycles. The van der Waals surface area contributed by atoms with Gasteiger partial charge in [0.15, 0.2) is 0 Å². The first-order valence-electron chi connectivity index (χ1n) is 11.9. The minimum absolute atomic E-state index is 0.00316. The molecule has 1 amide bonds.